The Morgan fingerprint density at radius 2 is 1.51 bits per heavy atom. The van der Waals surface area contributed by atoms with E-state index >= 15 is 0 Å². The maximum Gasteiger partial charge on any atom is 0.408 e. The quantitative estimate of drug-likeness (QED) is 0.0891. The molecule has 0 bridgehead atoms. The number of halogens is 2. The van der Waals surface area contributed by atoms with Crippen molar-refractivity contribution in [1.82, 2.24) is 21.3 Å². The lowest BCUT2D eigenvalue weighted by atomic mass is 9.83. The summed E-state index contributed by atoms with van der Waals surface area (Å²) in [6.07, 6.45) is 12.6. The van der Waals surface area contributed by atoms with E-state index in [4.69, 9.17) is 27.9 Å². The molecule has 4 N–H and O–H groups in total. The molecule has 0 aromatic carbocycles. The van der Waals surface area contributed by atoms with Gasteiger partial charge in [0.05, 0.1) is 6.04 Å². The van der Waals surface area contributed by atoms with Gasteiger partial charge < -0.3 is 26.0 Å². The van der Waals surface area contributed by atoms with Crippen LogP contribution in [0.3, 0.4) is 0 Å². The summed E-state index contributed by atoms with van der Waals surface area (Å²) in [7, 11) is 0. The highest BCUT2D eigenvalue weighted by Crippen LogP contribution is 2.29. The van der Waals surface area contributed by atoms with Crippen molar-refractivity contribution >= 4 is 52.8 Å². The molecular formula is C35H54Cl2N4O6. The summed E-state index contributed by atoms with van der Waals surface area (Å²) in [6.45, 7) is 18.4. The molecular weight excluding hydrogens is 643 g/mol. The molecule has 12 heteroatoms. The van der Waals surface area contributed by atoms with Crippen molar-refractivity contribution in [2.75, 3.05) is 13.1 Å². The third kappa shape index (κ3) is 16.0. The molecule has 6 atom stereocenters. The van der Waals surface area contributed by atoms with Crippen molar-refractivity contribution in [3.05, 3.63) is 49.6 Å². The van der Waals surface area contributed by atoms with Crippen molar-refractivity contribution in [3.63, 3.8) is 0 Å². The smallest absolute Gasteiger partial charge is 0.408 e. The van der Waals surface area contributed by atoms with Crippen LogP contribution in [0.1, 0.15) is 73.6 Å². The van der Waals surface area contributed by atoms with E-state index in [-0.39, 0.29) is 49.6 Å². The molecule has 0 aromatic heterocycles. The Morgan fingerprint density at radius 1 is 0.915 bits per heavy atom. The molecule has 0 saturated carbocycles. The first kappa shape index (κ1) is 41.9. The van der Waals surface area contributed by atoms with Crippen LogP contribution in [-0.4, -0.2) is 65.2 Å². The monoisotopic (exact) mass is 696 g/mol. The van der Waals surface area contributed by atoms with E-state index in [1.807, 2.05) is 12.2 Å². The van der Waals surface area contributed by atoms with Crippen molar-refractivity contribution in [3.8, 4) is 0 Å². The van der Waals surface area contributed by atoms with Gasteiger partial charge in [-0.15, -0.1) is 36.4 Å². The fourth-order valence-corrected chi connectivity index (χ4v) is 6.04. The minimum absolute atomic E-state index is 0.109. The maximum absolute atomic E-state index is 13.7. The number of alkyl carbamates (subject to hydrolysis) is 1. The van der Waals surface area contributed by atoms with Crippen molar-refractivity contribution in [2.24, 2.45) is 29.6 Å². The fraction of sp³-hybridized carbons (Fsp3) is 0.629. The number of carbonyl (C=O) groups is 5. The first-order chi connectivity index (χ1) is 22.0. The molecule has 0 heterocycles. The summed E-state index contributed by atoms with van der Waals surface area (Å²) in [5, 5.41) is 10.8. The average Bonchev–Trinajstić information content (AvgIpc) is 3.06. The number of hydrogen-bond acceptors (Lipinski definition) is 6. The number of amides is 4. The van der Waals surface area contributed by atoms with E-state index in [0.29, 0.717) is 19.3 Å². The third-order valence-electron chi connectivity index (χ3n) is 7.85. The van der Waals surface area contributed by atoms with Crippen molar-refractivity contribution in [2.45, 2.75) is 96.2 Å². The molecule has 0 saturated heterocycles. The molecule has 1 aliphatic carbocycles. The number of alkyl halides is 2. The van der Waals surface area contributed by atoms with E-state index < -0.39 is 58.0 Å². The molecule has 0 fully saturated rings. The third-order valence-corrected chi connectivity index (χ3v) is 8.49. The summed E-state index contributed by atoms with van der Waals surface area (Å²) in [4.78, 5) is 63.9. The van der Waals surface area contributed by atoms with E-state index in [2.05, 4.69) is 60.4 Å². The molecule has 0 aliphatic heterocycles. The Hall–Kier alpha value is -3.11. The zero-order valence-electron chi connectivity index (χ0n) is 28.7. The molecule has 0 aromatic rings. The van der Waals surface area contributed by atoms with Gasteiger partial charge in [0.1, 0.15) is 16.5 Å². The van der Waals surface area contributed by atoms with E-state index in [0.717, 1.165) is 0 Å². The Labute approximate surface area is 290 Å². The van der Waals surface area contributed by atoms with Gasteiger partial charge in [-0.25, -0.2) is 4.79 Å². The van der Waals surface area contributed by atoms with Gasteiger partial charge in [0.2, 0.25) is 17.6 Å². The van der Waals surface area contributed by atoms with E-state index in [9.17, 15) is 24.0 Å². The normalized spacial score (nSPS) is 22.0. The fourth-order valence-electron chi connectivity index (χ4n) is 5.35. The number of Topliss-reactive ketones (excluding diaryl/α,β-unsaturated/α-hetero) is 1. The Kier molecular flexibility index (Phi) is 18.7. The van der Waals surface area contributed by atoms with Gasteiger partial charge in [0.15, 0.2) is 0 Å². The highest BCUT2D eigenvalue weighted by atomic mass is 35.5. The summed E-state index contributed by atoms with van der Waals surface area (Å²) in [5.41, 5.74) is -0.750. The van der Waals surface area contributed by atoms with Crippen LogP contribution in [0.4, 0.5) is 4.79 Å². The predicted molar refractivity (Wildman–Crippen MR) is 188 cm³/mol. The van der Waals surface area contributed by atoms with Gasteiger partial charge in [-0.05, 0) is 70.6 Å². The zero-order chi connectivity index (χ0) is 35.7. The summed E-state index contributed by atoms with van der Waals surface area (Å²) < 4.78 is 5.49. The van der Waals surface area contributed by atoms with E-state index in [1.54, 1.807) is 33.8 Å². The number of rotatable bonds is 17. The topological polar surface area (TPSA) is 143 Å². The van der Waals surface area contributed by atoms with Gasteiger partial charge in [0.25, 0.3) is 5.91 Å². The average molecular weight is 698 g/mol. The number of ether oxygens (including phenoxy) is 1. The number of carbonyl (C=O) groups excluding carboxylic acids is 5. The van der Waals surface area contributed by atoms with Gasteiger partial charge in [-0.1, -0.05) is 57.2 Å². The minimum Gasteiger partial charge on any atom is -0.444 e. The Bertz CT molecular complexity index is 1130. The van der Waals surface area contributed by atoms with Gasteiger partial charge in [-0.3, -0.25) is 19.2 Å². The van der Waals surface area contributed by atoms with Crippen LogP contribution < -0.4 is 21.3 Å². The molecule has 0 radical (unpaired) electrons. The molecule has 264 valence electrons. The first-order valence-electron chi connectivity index (χ1n) is 16.2. The number of nitrogens with one attached hydrogen (secondary N) is 4. The number of ketones is 1. The highest BCUT2D eigenvalue weighted by Gasteiger charge is 2.35. The van der Waals surface area contributed by atoms with Gasteiger partial charge in [-0.2, -0.15) is 0 Å². The van der Waals surface area contributed by atoms with Crippen LogP contribution in [0.2, 0.25) is 0 Å². The zero-order valence-corrected chi connectivity index (χ0v) is 30.2. The summed E-state index contributed by atoms with van der Waals surface area (Å²) in [6, 6.07) is -1.94. The lowest BCUT2D eigenvalue weighted by Gasteiger charge is -2.31. The molecule has 6 unspecified atom stereocenters. The molecule has 1 aliphatic rings. The van der Waals surface area contributed by atoms with Crippen molar-refractivity contribution in [1.29, 1.82) is 0 Å². The van der Waals surface area contributed by atoms with Gasteiger partial charge >= 0.3 is 6.09 Å². The number of allylic oxidation sites excluding steroid dienone is 5. The molecule has 10 nitrogen and oxygen atoms in total. The summed E-state index contributed by atoms with van der Waals surface area (Å²) in [5.74, 6) is -3.75. The van der Waals surface area contributed by atoms with Gasteiger partial charge in [0, 0.05) is 24.9 Å². The Morgan fingerprint density at radius 3 is 2.02 bits per heavy atom. The predicted octanol–water partition coefficient (Wildman–Crippen LogP) is 5.56. The summed E-state index contributed by atoms with van der Waals surface area (Å²) >= 11 is 12.6. The second-order valence-electron chi connectivity index (χ2n) is 13.2. The maximum atomic E-state index is 13.7. The largest absolute Gasteiger partial charge is 0.444 e. The van der Waals surface area contributed by atoms with Crippen LogP contribution >= 0.6 is 23.2 Å². The van der Waals surface area contributed by atoms with Crippen molar-refractivity contribution < 1.29 is 28.7 Å². The van der Waals surface area contributed by atoms with Crippen LogP contribution in [0, 0.1) is 29.6 Å². The van der Waals surface area contributed by atoms with Crippen LogP contribution in [0.25, 0.3) is 0 Å². The lowest BCUT2D eigenvalue weighted by Crippen LogP contribution is -2.53. The second-order valence-corrected chi connectivity index (χ2v) is 14.4. The lowest BCUT2D eigenvalue weighted by molar-refractivity contribution is -0.140. The van der Waals surface area contributed by atoms with E-state index in [1.165, 1.54) is 6.08 Å². The number of hydrogen-bond donors (Lipinski definition) is 4. The second kappa shape index (κ2) is 21.0. The minimum atomic E-state index is -1.07. The molecule has 0 spiro atoms. The SMILES string of the molecule is C=CCCC(NC(=O)C(C)C(CCNC(=O)C(NC(=O)OC(C)(C)C)C1CC(C)/C=C\C=C/C(C)C1)C(Cl)Cl)C(=O)C(=O)NCC=C. The van der Waals surface area contributed by atoms with Crippen LogP contribution in [-0.2, 0) is 23.9 Å². The molecule has 4 amide bonds. The first-order valence-corrected chi connectivity index (χ1v) is 17.1. The molecule has 1 rings (SSSR count). The molecule has 47 heavy (non-hydrogen) atoms. The standard InChI is InChI=1S/C35H54Cl2N4O6/c1-9-11-16-27(29(42)33(45)38-18-10-2)40-31(43)24(5)26(30(36)37)17-19-39-32(44)28(41-34(46)47-35(6,7)8)25-20-22(3)14-12-13-15-23(4)21-25/h9-10,12-15,22-28,30H,1-2,11,16-21H2,3-8H3,(H,38,45)(H,39,44)(H,40,43)(H,41,46)/b14-12-,15-13-. The van der Waals surface area contributed by atoms with Crippen LogP contribution in [0.5, 0.6) is 0 Å². The highest BCUT2D eigenvalue weighted by molar-refractivity contribution is 6.44. The Balaban J connectivity index is 3.07. The van der Waals surface area contributed by atoms with Crippen LogP contribution in [0.15, 0.2) is 49.6 Å².